The number of allylic oxidation sites excluding steroid dienone is 1. The van der Waals surface area contributed by atoms with Gasteiger partial charge in [-0.15, -0.1) is 0 Å². The molecule has 0 saturated heterocycles. The number of benzene rings is 2. The summed E-state index contributed by atoms with van der Waals surface area (Å²) in [6.45, 7) is 7.72. The van der Waals surface area contributed by atoms with Gasteiger partial charge in [0.05, 0.1) is 28.5 Å². The van der Waals surface area contributed by atoms with Crippen molar-refractivity contribution in [3.8, 4) is 17.2 Å². The van der Waals surface area contributed by atoms with Gasteiger partial charge in [-0.3, -0.25) is 9.36 Å². The molecule has 5 rings (SSSR count). The monoisotopic (exact) mass is 584 g/mol. The fourth-order valence-electron chi connectivity index (χ4n) is 4.34. The van der Waals surface area contributed by atoms with Crippen molar-refractivity contribution < 1.29 is 23.7 Å². The Morgan fingerprint density at radius 3 is 2.73 bits per heavy atom. The Hall–Kier alpha value is -3.37. The fourth-order valence-corrected chi connectivity index (χ4v) is 5.81. The van der Waals surface area contributed by atoms with Crippen molar-refractivity contribution in [2.45, 2.75) is 39.8 Å². The van der Waals surface area contributed by atoms with Crippen LogP contribution in [0.25, 0.3) is 6.08 Å². The molecule has 1 aromatic heterocycles. The van der Waals surface area contributed by atoms with E-state index in [0.29, 0.717) is 43.4 Å². The highest BCUT2D eigenvalue weighted by molar-refractivity contribution is 9.10. The highest BCUT2D eigenvalue weighted by atomic mass is 79.9. The highest BCUT2D eigenvalue weighted by Crippen LogP contribution is 2.38. The van der Waals surface area contributed by atoms with Gasteiger partial charge in [0, 0.05) is 10.0 Å². The highest BCUT2D eigenvalue weighted by Gasteiger charge is 2.35. The molecule has 0 aliphatic carbocycles. The van der Waals surface area contributed by atoms with Crippen molar-refractivity contribution in [1.82, 2.24) is 4.57 Å². The lowest BCUT2D eigenvalue weighted by Gasteiger charge is -2.26. The minimum Gasteiger partial charge on any atom is -0.491 e. The van der Waals surface area contributed by atoms with E-state index in [1.54, 1.807) is 24.5 Å². The van der Waals surface area contributed by atoms with Gasteiger partial charge in [0.15, 0.2) is 16.3 Å². The van der Waals surface area contributed by atoms with Crippen LogP contribution in [-0.2, 0) is 9.53 Å². The molecule has 0 bridgehead atoms. The van der Waals surface area contributed by atoms with E-state index >= 15 is 0 Å². The number of nitrogens with zero attached hydrogens (tertiary/aromatic N) is 2. The number of hydrogen-bond acceptors (Lipinski definition) is 8. The second-order valence-corrected chi connectivity index (χ2v) is 10.6. The minimum atomic E-state index is -0.757. The number of aromatic nitrogens is 1. The Labute approximate surface area is 225 Å². The van der Waals surface area contributed by atoms with Crippen LogP contribution in [0, 0.1) is 0 Å². The van der Waals surface area contributed by atoms with Crippen LogP contribution in [0.1, 0.15) is 44.9 Å². The van der Waals surface area contributed by atoms with E-state index in [9.17, 15) is 9.59 Å². The van der Waals surface area contributed by atoms with Crippen LogP contribution in [0.15, 0.2) is 61.9 Å². The van der Waals surface area contributed by atoms with Gasteiger partial charge >= 0.3 is 5.97 Å². The molecule has 192 valence electrons. The molecule has 37 heavy (non-hydrogen) atoms. The number of ether oxygens (including phenoxy) is 4. The number of rotatable bonds is 6. The molecule has 0 fully saturated rings. The number of fused-ring (bicyclic) bond motifs is 2. The normalized spacial score (nSPS) is 16.6. The van der Waals surface area contributed by atoms with Gasteiger partial charge in [-0.05, 0) is 57.5 Å². The largest absolute Gasteiger partial charge is 0.491 e. The van der Waals surface area contributed by atoms with E-state index in [4.69, 9.17) is 18.9 Å². The zero-order valence-corrected chi connectivity index (χ0v) is 23.1. The number of para-hydroxylation sites is 1. The summed E-state index contributed by atoms with van der Waals surface area (Å²) in [7, 11) is 0. The number of carbonyl (C=O) groups excluding carboxylic acids is 1. The van der Waals surface area contributed by atoms with Crippen LogP contribution < -0.4 is 29.1 Å². The second-order valence-electron chi connectivity index (χ2n) is 8.73. The average molecular weight is 585 g/mol. The molecule has 0 spiro atoms. The summed E-state index contributed by atoms with van der Waals surface area (Å²) in [5.41, 5.74) is 1.98. The molecule has 8 nitrogen and oxygen atoms in total. The van der Waals surface area contributed by atoms with Crippen molar-refractivity contribution >= 4 is 39.3 Å². The summed E-state index contributed by atoms with van der Waals surface area (Å²) in [5.74, 6) is 1.33. The maximum Gasteiger partial charge on any atom is 0.338 e. The molecule has 0 unspecified atom stereocenters. The summed E-state index contributed by atoms with van der Waals surface area (Å²) in [5, 5.41) is 0. The molecule has 2 aliphatic rings. The SMILES string of the molecule is CCOC(=O)C1=C(C)N=c2s/c(=C\c3cc4c(cc3Br)OCO4)c(=O)n2[C@@H]1c1ccccc1OC(C)C. The lowest BCUT2D eigenvalue weighted by atomic mass is 9.95. The summed E-state index contributed by atoms with van der Waals surface area (Å²) < 4.78 is 25.2. The zero-order valence-electron chi connectivity index (χ0n) is 20.7. The van der Waals surface area contributed by atoms with Crippen LogP contribution >= 0.6 is 27.3 Å². The van der Waals surface area contributed by atoms with Gasteiger partial charge in [-0.25, -0.2) is 9.79 Å². The van der Waals surface area contributed by atoms with Gasteiger partial charge in [0.2, 0.25) is 6.79 Å². The van der Waals surface area contributed by atoms with Gasteiger partial charge in [0.25, 0.3) is 5.56 Å². The van der Waals surface area contributed by atoms with E-state index < -0.39 is 12.0 Å². The Morgan fingerprint density at radius 2 is 2.00 bits per heavy atom. The van der Waals surface area contributed by atoms with Crippen LogP contribution in [0.4, 0.5) is 0 Å². The smallest absolute Gasteiger partial charge is 0.338 e. The van der Waals surface area contributed by atoms with E-state index in [0.717, 1.165) is 10.0 Å². The first kappa shape index (κ1) is 25.3. The Morgan fingerprint density at radius 1 is 1.27 bits per heavy atom. The van der Waals surface area contributed by atoms with Gasteiger partial charge in [-0.2, -0.15) is 0 Å². The molecule has 2 aliphatic heterocycles. The van der Waals surface area contributed by atoms with Gasteiger partial charge in [0.1, 0.15) is 11.8 Å². The topological polar surface area (TPSA) is 88.4 Å². The van der Waals surface area contributed by atoms with Crippen molar-refractivity contribution in [3.63, 3.8) is 0 Å². The standard InChI is InChI=1S/C27H25BrN2O6S/c1-5-33-26(32)23-15(4)29-27-30(24(23)17-8-6-7-9-19(17)36-14(2)3)25(31)22(37-27)11-16-10-20-21(12-18(16)28)35-13-34-20/h6-12,14,24H,5,13H2,1-4H3/b22-11-/t24-/m1/s1. The van der Waals surface area contributed by atoms with Crippen LogP contribution in [0.2, 0.25) is 0 Å². The third-order valence-corrected chi connectivity index (χ3v) is 7.54. The van der Waals surface area contributed by atoms with E-state index in [2.05, 4.69) is 20.9 Å². The lowest BCUT2D eigenvalue weighted by Crippen LogP contribution is -2.40. The molecule has 10 heteroatoms. The third kappa shape index (κ3) is 4.71. The van der Waals surface area contributed by atoms with Crippen molar-refractivity contribution in [3.05, 3.63) is 83.0 Å². The van der Waals surface area contributed by atoms with Gasteiger partial charge in [-0.1, -0.05) is 45.5 Å². The first-order chi connectivity index (χ1) is 17.8. The van der Waals surface area contributed by atoms with E-state index in [1.165, 1.54) is 11.3 Å². The Bertz CT molecular complexity index is 1600. The third-order valence-electron chi connectivity index (χ3n) is 5.87. The Balaban J connectivity index is 1.73. The van der Waals surface area contributed by atoms with Crippen molar-refractivity contribution in [2.24, 2.45) is 4.99 Å². The maximum absolute atomic E-state index is 13.9. The quantitative estimate of drug-likeness (QED) is 0.406. The first-order valence-corrected chi connectivity index (χ1v) is 13.4. The molecule has 3 aromatic rings. The van der Waals surface area contributed by atoms with Crippen molar-refractivity contribution in [1.29, 1.82) is 0 Å². The molecule has 0 N–H and O–H groups in total. The summed E-state index contributed by atoms with van der Waals surface area (Å²) >= 11 is 4.82. The van der Waals surface area contributed by atoms with Crippen LogP contribution in [0.3, 0.4) is 0 Å². The molecular formula is C27H25BrN2O6S. The number of esters is 1. The molecule has 0 saturated carbocycles. The predicted octanol–water partition coefficient (Wildman–Crippen LogP) is 4.08. The summed E-state index contributed by atoms with van der Waals surface area (Å²) in [6, 6.07) is 10.3. The van der Waals surface area contributed by atoms with Crippen LogP contribution in [0.5, 0.6) is 17.2 Å². The van der Waals surface area contributed by atoms with Crippen LogP contribution in [-0.4, -0.2) is 30.0 Å². The van der Waals surface area contributed by atoms with Gasteiger partial charge < -0.3 is 18.9 Å². The molecule has 3 heterocycles. The fraction of sp³-hybridized carbons (Fsp3) is 0.296. The van der Waals surface area contributed by atoms with E-state index in [-0.39, 0.29) is 25.1 Å². The van der Waals surface area contributed by atoms with Crippen molar-refractivity contribution in [2.75, 3.05) is 13.4 Å². The molecule has 0 amide bonds. The van der Waals surface area contributed by atoms with E-state index in [1.807, 2.05) is 50.2 Å². The zero-order chi connectivity index (χ0) is 26.3. The number of carbonyl (C=O) groups is 1. The molecule has 2 aromatic carbocycles. The number of hydrogen-bond donors (Lipinski definition) is 0. The average Bonchev–Trinajstić information content (AvgIpc) is 3.42. The second kappa shape index (κ2) is 10.2. The predicted molar refractivity (Wildman–Crippen MR) is 143 cm³/mol. The number of halogens is 1. The number of thiazole rings is 1. The first-order valence-electron chi connectivity index (χ1n) is 11.8. The molecule has 0 radical (unpaired) electrons. The molecular weight excluding hydrogens is 560 g/mol. The summed E-state index contributed by atoms with van der Waals surface area (Å²) in [4.78, 5) is 32.2. The maximum atomic E-state index is 13.9. The minimum absolute atomic E-state index is 0.100. The molecule has 1 atom stereocenters. The Kier molecular flexibility index (Phi) is 6.96. The summed E-state index contributed by atoms with van der Waals surface area (Å²) in [6.07, 6.45) is 1.68. The lowest BCUT2D eigenvalue weighted by molar-refractivity contribution is -0.139.